The number of ether oxygens (including phenoxy) is 1. The number of phenolic OH excluding ortho intramolecular Hbond substituents is 1. The van der Waals surface area contributed by atoms with E-state index in [1.165, 1.54) is 4.90 Å². The number of anilines is 1. The minimum atomic E-state index is -0.937. The van der Waals surface area contributed by atoms with Gasteiger partial charge in [-0.1, -0.05) is 12.1 Å². The van der Waals surface area contributed by atoms with Crippen molar-refractivity contribution in [3.05, 3.63) is 41.5 Å². The van der Waals surface area contributed by atoms with E-state index in [1.807, 2.05) is 6.07 Å². The molecular formula is C19H19N3O5. The number of aromatic hydroxyl groups is 1. The van der Waals surface area contributed by atoms with Gasteiger partial charge in [-0.3, -0.25) is 5.32 Å². The number of carboxylic acid groups (broad SMARTS) is 1. The maximum absolute atomic E-state index is 11.7. The van der Waals surface area contributed by atoms with E-state index in [9.17, 15) is 19.8 Å². The van der Waals surface area contributed by atoms with Crippen LogP contribution in [-0.4, -0.2) is 45.4 Å². The van der Waals surface area contributed by atoms with Crippen LogP contribution >= 0.6 is 0 Å². The molecule has 0 spiro atoms. The first-order valence-corrected chi connectivity index (χ1v) is 8.76. The highest BCUT2D eigenvalue weighted by Crippen LogP contribution is 2.38. The highest BCUT2D eigenvalue weighted by molar-refractivity contribution is 5.87. The molecule has 3 heterocycles. The molecule has 2 aliphatic heterocycles. The third kappa shape index (κ3) is 3.25. The molecule has 0 aliphatic carbocycles. The van der Waals surface area contributed by atoms with E-state index in [4.69, 9.17) is 4.74 Å². The second-order valence-electron chi connectivity index (χ2n) is 6.71. The van der Waals surface area contributed by atoms with Gasteiger partial charge >= 0.3 is 12.2 Å². The van der Waals surface area contributed by atoms with Gasteiger partial charge in [0.1, 0.15) is 18.2 Å². The summed E-state index contributed by atoms with van der Waals surface area (Å²) in [7, 11) is 0. The smallest absolute Gasteiger partial charge is 0.413 e. The van der Waals surface area contributed by atoms with Gasteiger partial charge in [0.25, 0.3) is 0 Å². The molecule has 0 saturated carbocycles. The Morgan fingerprint density at radius 3 is 2.93 bits per heavy atom. The van der Waals surface area contributed by atoms with Crippen molar-refractivity contribution in [1.82, 2.24) is 9.88 Å². The number of likely N-dealkylation sites (tertiary alicyclic amines) is 1. The van der Waals surface area contributed by atoms with Gasteiger partial charge in [0.2, 0.25) is 0 Å². The number of benzene rings is 1. The second kappa shape index (κ2) is 6.79. The van der Waals surface area contributed by atoms with Crippen LogP contribution in [0.3, 0.4) is 0 Å². The highest BCUT2D eigenvalue weighted by atomic mass is 16.5. The lowest BCUT2D eigenvalue weighted by Gasteiger charge is -2.33. The quantitative estimate of drug-likeness (QED) is 0.748. The summed E-state index contributed by atoms with van der Waals surface area (Å²) in [4.78, 5) is 29.0. The zero-order chi connectivity index (χ0) is 19.0. The molecule has 27 heavy (non-hydrogen) atoms. The summed E-state index contributed by atoms with van der Waals surface area (Å²) in [6.45, 7) is 0.979. The number of para-hydroxylation sites is 1. The summed E-state index contributed by atoms with van der Waals surface area (Å²) < 4.78 is 5.11. The molecule has 4 rings (SSSR count). The monoisotopic (exact) mass is 369 g/mol. The number of hydrogen-bond acceptors (Lipinski definition) is 5. The number of carbonyl (C=O) groups is 2. The van der Waals surface area contributed by atoms with Crippen molar-refractivity contribution in [1.29, 1.82) is 0 Å². The molecular weight excluding hydrogens is 350 g/mol. The first kappa shape index (κ1) is 17.1. The molecule has 8 nitrogen and oxygen atoms in total. The third-order valence-corrected chi connectivity index (χ3v) is 5.04. The van der Waals surface area contributed by atoms with Gasteiger partial charge in [-0.05, 0) is 36.6 Å². The first-order chi connectivity index (χ1) is 13.0. The van der Waals surface area contributed by atoms with E-state index in [0.29, 0.717) is 30.2 Å². The number of aromatic nitrogens is 1. The van der Waals surface area contributed by atoms with E-state index in [1.54, 1.807) is 24.3 Å². The number of nitrogens with zero attached hydrogens (tertiary/aromatic N) is 2. The Hall–Kier alpha value is -3.29. The topological polar surface area (TPSA) is 112 Å². The van der Waals surface area contributed by atoms with E-state index in [2.05, 4.69) is 10.3 Å². The second-order valence-corrected chi connectivity index (χ2v) is 6.71. The van der Waals surface area contributed by atoms with Gasteiger partial charge in [0.05, 0.1) is 5.69 Å². The number of rotatable bonds is 2. The fraction of sp³-hybridized carbons (Fsp3) is 0.316. The number of amides is 2. The molecule has 140 valence electrons. The molecule has 3 N–H and O–H groups in total. The van der Waals surface area contributed by atoms with Crippen molar-refractivity contribution >= 4 is 18.0 Å². The molecule has 0 bridgehead atoms. The number of nitrogens with one attached hydrogen (secondary N) is 1. The van der Waals surface area contributed by atoms with Gasteiger partial charge in [-0.2, -0.15) is 0 Å². The largest absolute Gasteiger partial charge is 0.507 e. The molecule has 2 aromatic rings. The third-order valence-electron chi connectivity index (χ3n) is 5.04. The number of pyridine rings is 1. The summed E-state index contributed by atoms with van der Waals surface area (Å²) in [5.74, 6) is 0.453. The standard InChI is InChI=1S/C19H19N3O5/c23-16-6-2-1-5-12(16)15-8-13(11-4-3-7-22(9-11)19(25)26)14-10-27-18(24)21-17(14)20-15/h1-2,5-6,8,11,23H,3-4,7,9-10H2,(H,25,26)(H,20,21,24). The normalized spacial score (nSPS) is 19.0. The maximum atomic E-state index is 11.7. The maximum Gasteiger partial charge on any atom is 0.413 e. The van der Waals surface area contributed by atoms with Crippen LogP contribution in [0.25, 0.3) is 11.3 Å². The number of phenols is 1. The molecule has 2 amide bonds. The fourth-order valence-corrected chi connectivity index (χ4v) is 3.71. The predicted octanol–water partition coefficient (Wildman–Crippen LogP) is 3.37. The summed E-state index contributed by atoms with van der Waals surface area (Å²) >= 11 is 0. The number of cyclic esters (lactones) is 1. The van der Waals surface area contributed by atoms with Gasteiger partial charge in [-0.15, -0.1) is 0 Å². The Morgan fingerprint density at radius 1 is 1.33 bits per heavy atom. The first-order valence-electron chi connectivity index (χ1n) is 8.76. The zero-order valence-corrected chi connectivity index (χ0v) is 14.5. The van der Waals surface area contributed by atoms with Crippen LogP contribution in [0, 0.1) is 0 Å². The van der Waals surface area contributed by atoms with Gasteiger partial charge in [0.15, 0.2) is 0 Å². The molecule has 1 aromatic heterocycles. The predicted molar refractivity (Wildman–Crippen MR) is 96.7 cm³/mol. The number of piperidine rings is 1. The van der Waals surface area contributed by atoms with Crippen LogP contribution in [0.1, 0.15) is 29.9 Å². The molecule has 1 aromatic carbocycles. The van der Waals surface area contributed by atoms with E-state index in [0.717, 1.165) is 24.0 Å². The Kier molecular flexibility index (Phi) is 4.31. The SMILES string of the molecule is O=C1Nc2nc(-c3ccccc3O)cc(C3CCCN(C(=O)O)C3)c2CO1. The summed E-state index contributed by atoms with van der Waals surface area (Å²) in [6, 6.07) is 8.71. The number of hydrogen-bond donors (Lipinski definition) is 3. The van der Waals surface area contributed by atoms with Crippen molar-refractivity contribution in [2.75, 3.05) is 18.4 Å². The van der Waals surface area contributed by atoms with Gasteiger partial charge in [-0.25, -0.2) is 14.6 Å². The Balaban J connectivity index is 1.81. The van der Waals surface area contributed by atoms with Gasteiger partial charge < -0.3 is 19.8 Å². The minimum absolute atomic E-state index is 0.0326. The Bertz CT molecular complexity index is 914. The fourth-order valence-electron chi connectivity index (χ4n) is 3.71. The molecule has 8 heteroatoms. The molecule has 1 saturated heterocycles. The van der Waals surface area contributed by atoms with E-state index in [-0.39, 0.29) is 18.3 Å². The summed E-state index contributed by atoms with van der Waals surface area (Å²) in [6.07, 6.45) is 0.0704. The van der Waals surface area contributed by atoms with Crippen LogP contribution in [0.4, 0.5) is 15.4 Å². The van der Waals surface area contributed by atoms with Crippen LogP contribution in [0.5, 0.6) is 5.75 Å². The van der Waals surface area contributed by atoms with Crippen LogP contribution in [0.2, 0.25) is 0 Å². The molecule has 1 unspecified atom stereocenters. The average molecular weight is 369 g/mol. The highest BCUT2D eigenvalue weighted by Gasteiger charge is 2.30. The molecule has 2 aliphatic rings. The Morgan fingerprint density at radius 2 is 2.15 bits per heavy atom. The number of fused-ring (bicyclic) bond motifs is 1. The van der Waals surface area contributed by atoms with Crippen molar-refractivity contribution in [3.63, 3.8) is 0 Å². The molecule has 0 radical (unpaired) electrons. The summed E-state index contributed by atoms with van der Waals surface area (Å²) in [5, 5.41) is 22.2. The lowest BCUT2D eigenvalue weighted by molar-refractivity contribution is 0.130. The average Bonchev–Trinajstić information content (AvgIpc) is 2.67. The summed E-state index contributed by atoms with van der Waals surface area (Å²) in [5.41, 5.74) is 2.72. The molecule has 1 fully saturated rings. The van der Waals surface area contributed by atoms with Crippen LogP contribution < -0.4 is 5.32 Å². The van der Waals surface area contributed by atoms with Crippen LogP contribution in [0.15, 0.2) is 30.3 Å². The van der Waals surface area contributed by atoms with Gasteiger partial charge in [0, 0.05) is 30.1 Å². The van der Waals surface area contributed by atoms with E-state index < -0.39 is 12.2 Å². The lowest BCUT2D eigenvalue weighted by Crippen LogP contribution is -2.38. The lowest BCUT2D eigenvalue weighted by atomic mass is 9.87. The van der Waals surface area contributed by atoms with Crippen LogP contribution in [-0.2, 0) is 11.3 Å². The van der Waals surface area contributed by atoms with Crippen molar-refractivity contribution in [2.45, 2.75) is 25.4 Å². The zero-order valence-electron chi connectivity index (χ0n) is 14.5. The Labute approximate surface area is 155 Å². The number of carbonyl (C=O) groups excluding carboxylic acids is 1. The van der Waals surface area contributed by atoms with Crippen molar-refractivity contribution < 1.29 is 24.5 Å². The van der Waals surface area contributed by atoms with Crippen molar-refractivity contribution in [3.8, 4) is 17.0 Å². The van der Waals surface area contributed by atoms with E-state index >= 15 is 0 Å². The molecule has 1 atom stereocenters. The minimum Gasteiger partial charge on any atom is -0.507 e. The van der Waals surface area contributed by atoms with Crippen molar-refractivity contribution in [2.24, 2.45) is 0 Å².